The van der Waals surface area contributed by atoms with Crippen molar-refractivity contribution in [1.29, 1.82) is 0 Å². The van der Waals surface area contributed by atoms with E-state index in [0.29, 0.717) is 0 Å². The SMILES string of the molecule is C=C(C)C(=O)OC(F)C(F)(F)C(F)(F)C(F)(F)CF. The minimum absolute atomic E-state index is 0.626. The van der Waals surface area contributed by atoms with Crippen LogP contribution in [-0.4, -0.2) is 36.8 Å². The monoisotopic (exact) mass is 300 g/mol. The van der Waals surface area contributed by atoms with Gasteiger partial charge in [0.25, 0.3) is 0 Å². The maximum atomic E-state index is 12.8. The van der Waals surface area contributed by atoms with Crippen LogP contribution >= 0.6 is 0 Å². The first-order valence-corrected chi connectivity index (χ1v) is 4.51. The van der Waals surface area contributed by atoms with Crippen molar-refractivity contribution in [1.82, 2.24) is 0 Å². The zero-order valence-electron chi connectivity index (χ0n) is 9.33. The number of halogens is 8. The van der Waals surface area contributed by atoms with Gasteiger partial charge in [-0.05, 0) is 6.92 Å². The zero-order valence-corrected chi connectivity index (χ0v) is 9.33. The van der Waals surface area contributed by atoms with Crippen LogP contribution in [0.15, 0.2) is 12.2 Å². The van der Waals surface area contributed by atoms with E-state index in [0.717, 1.165) is 6.92 Å². The van der Waals surface area contributed by atoms with Crippen molar-refractivity contribution in [3.8, 4) is 0 Å². The van der Waals surface area contributed by atoms with E-state index < -0.39 is 42.3 Å². The van der Waals surface area contributed by atoms with E-state index in [1.54, 1.807) is 0 Å². The maximum Gasteiger partial charge on any atom is 0.381 e. The second-order valence-electron chi connectivity index (χ2n) is 3.54. The van der Waals surface area contributed by atoms with E-state index in [4.69, 9.17) is 0 Å². The molecule has 0 aromatic rings. The summed E-state index contributed by atoms with van der Waals surface area (Å²) in [5, 5.41) is 0. The van der Waals surface area contributed by atoms with Crippen LogP contribution in [0.2, 0.25) is 0 Å². The molecule has 0 heterocycles. The summed E-state index contributed by atoms with van der Waals surface area (Å²) in [6.45, 7) is 0.570. The molecule has 10 heteroatoms. The molecule has 0 aromatic carbocycles. The quantitative estimate of drug-likeness (QED) is 0.427. The molecule has 0 bridgehead atoms. The second-order valence-corrected chi connectivity index (χ2v) is 3.54. The van der Waals surface area contributed by atoms with Crippen molar-refractivity contribution in [2.75, 3.05) is 6.67 Å². The summed E-state index contributed by atoms with van der Waals surface area (Å²) in [5.41, 5.74) is -0.626. The van der Waals surface area contributed by atoms with Gasteiger partial charge in [-0.1, -0.05) is 6.58 Å². The number of rotatable bonds is 6. The highest BCUT2D eigenvalue weighted by Gasteiger charge is 2.76. The van der Waals surface area contributed by atoms with Gasteiger partial charge in [-0.2, -0.15) is 30.7 Å². The minimum atomic E-state index is -6.39. The molecule has 0 aliphatic rings. The van der Waals surface area contributed by atoms with Crippen LogP contribution < -0.4 is 0 Å². The van der Waals surface area contributed by atoms with Crippen molar-refractivity contribution < 1.29 is 44.7 Å². The molecular weight excluding hydrogens is 292 g/mol. The van der Waals surface area contributed by atoms with Crippen LogP contribution in [0.5, 0.6) is 0 Å². The van der Waals surface area contributed by atoms with Gasteiger partial charge in [0.1, 0.15) is 0 Å². The van der Waals surface area contributed by atoms with Gasteiger partial charge in [0, 0.05) is 5.57 Å². The van der Waals surface area contributed by atoms with E-state index in [9.17, 15) is 39.9 Å². The Labute approximate surface area is 102 Å². The van der Waals surface area contributed by atoms with Gasteiger partial charge in [0.15, 0.2) is 6.67 Å². The van der Waals surface area contributed by atoms with Crippen molar-refractivity contribution in [3.05, 3.63) is 12.2 Å². The van der Waals surface area contributed by atoms with Gasteiger partial charge in [-0.3, -0.25) is 0 Å². The van der Waals surface area contributed by atoms with Crippen LogP contribution in [0.4, 0.5) is 35.1 Å². The topological polar surface area (TPSA) is 26.3 Å². The molecule has 0 fully saturated rings. The third-order valence-electron chi connectivity index (χ3n) is 1.89. The predicted octanol–water partition coefficient (Wildman–Crippen LogP) is 3.28. The Morgan fingerprint density at radius 1 is 1.21 bits per heavy atom. The van der Waals surface area contributed by atoms with Crippen molar-refractivity contribution in [3.63, 3.8) is 0 Å². The fourth-order valence-corrected chi connectivity index (χ4v) is 0.739. The molecule has 0 saturated carbocycles. The molecule has 0 aliphatic heterocycles. The molecule has 0 aliphatic carbocycles. The summed E-state index contributed by atoms with van der Waals surface area (Å²) in [7, 11) is 0. The summed E-state index contributed by atoms with van der Waals surface area (Å²) in [6, 6.07) is 0. The first-order valence-electron chi connectivity index (χ1n) is 4.51. The zero-order chi connectivity index (χ0) is 15.6. The van der Waals surface area contributed by atoms with E-state index in [1.165, 1.54) is 0 Å². The Kier molecular flexibility index (Phi) is 4.96. The first-order chi connectivity index (χ1) is 8.31. The summed E-state index contributed by atoms with van der Waals surface area (Å²) in [5.74, 6) is -20.2. The fraction of sp³-hybridized carbons (Fsp3) is 0.667. The van der Waals surface area contributed by atoms with Crippen molar-refractivity contribution >= 4 is 5.97 Å². The van der Waals surface area contributed by atoms with Gasteiger partial charge < -0.3 is 4.74 Å². The van der Waals surface area contributed by atoms with Crippen LogP contribution in [-0.2, 0) is 9.53 Å². The summed E-state index contributed by atoms with van der Waals surface area (Å²) >= 11 is 0. The van der Waals surface area contributed by atoms with Gasteiger partial charge >= 0.3 is 30.1 Å². The van der Waals surface area contributed by atoms with Crippen LogP contribution in [0.3, 0.4) is 0 Å². The fourth-order valence-electron chi connectivity index (χ4n) is 0.739. The van der Waals surface area contributed by atoms with Crippen molar-refractivity contribution in [2.24, 2.45) is 0 Å². The highest BCUT2D eigenvalue weighted by molar-refractivity contribution is 5.87. The molecule has 0 saturated heterocycles. The molecule has 1 atom stereocenters. The average molecular weight is 300 g/mol. The van der Waals surface area contributed by atoms with Gasteiger partial charge in [-0.25, -0.2) is 9.18 Å². The Hall–Kier alpha value is -1.35. The summed E-state index contributed by atoms with van der Waals surface area (Å²) < 4.78 is 103. The molecule has 19 heavy (non-hydrogen) atoms. The molecule has 1 unspecified atom stereocenters. The Balaban J connectivity index is 5.25. The lowest BCUT2D eigenvalue weighted by molar-refractivity contribution is -0.350. The molecular formula is C9H8F8O2. The molecule has 0 spiro atoms. The van der Waals surface area contributed by atoms with Crippen LogP contribution in [0.25, 0.3) is 0 Å². The summed E-state index contributed by atoms with van der Waals surface area (Å²) in [6.07, 6.45) is -4.39. The largest absolute Gasteiger partial charge is 0.421 e. The number of hydrogen-bond donors (Lipinski definition) is 0. The third-order valence-corrected chi connectivity index (χ3v) is 1.89. The number of esters is 1. The van der Waals surface area contributed by atoms with Gasteiger partial charge in [-0.15, -0.1) is 0 Å². The normalized spacial score (nSPS) is 15.0. The van der Waals surface area contributed by atoms with Gasteiger partial charge in [0.05, 0.1) is 0 Å². The Bertz CT molecular complexity index is 365. The smallest absolute Gasteiger partial charge is 0.381 e. The second kappa shape index (κ2) is 5.33. The highest BCUT2D eigenvalue weighted by atomic mass is 19.4. The first kappa shape index (κ1) is 17.6. The molecule has 0 radical (unpaired) electrons. The predicted molar refractivity (Wildman–Crippen MR) is 46.6 cm³/mol. The average Bonchev–Trinajstić information content (AvgIpc) is 2.27. The number of ether oxygens (including phenoxy) is 1. The molecule has 112 valence electrons. The number of carbonyl (C=O) groups is 1. The third kappa shape index (κ3) is 3.16. The molecule has 0 aromatic heterocycles. The number of carbonyl (C=O) groups excluding carboxylic acids is 1. The lowest BCUT2D eigenvalue weighted by atomic mass is 10.1. The van der Waals surface area contributed by atoms with E-state index in [-0.39, 0.29) is 0 Å². The van der Waals surface area contributed by atoms with Crippen molar-refractivity contribution in [2.45, 2.75) is 31.0 Å². The van der Waals surface area contributed by atoms with E-state index >= 15 is 0 Å². The lowest BCUT2D eigenvalue weighted by Crippen LogP contribution is -2.60. The Morgan fingerprint density at radius 3 is 1.95 bits per heavy atom. The highest BCUT2D eigenvalue weighted by Crippen LogP contribution is 2.48. The molecule has 2 nitrogen and oxygen atoms in total. The summed E-state index contributed by atoms with van der Waals surface area (Å²) in [4.78, 5) is 10.6. The van der Waals surface area contributed by atoms with Crippen LogP contribution in [0.1, 0.15) is 6.92 Å². The van der Waals surface area contributed by atoms with E-state index in [2.05, 4.69) is 11.3 Å². The van der Waals surface area contributed by atoms with Crippen LogP contribution in [0, 0.1) is 0 Å². The molecule has 0 N–H and O–H groups in total. The number of hydrogen-bond acceptors (Lipinski definition) is 2. The lowest BCUT2D eigenvalue weighted by Gasteiger charge is -2.32. The minimum Gasteiger partial charge on any atom is -0.421 e. The number of alkyl halides is 8. The standard InChI is InChI=1S/C9H8F8O2/c1-4(2)5(18)19-6(11)8(14,15)9(16,17)7(12,13)3-10/h6H,1,3H2,2H3. The Morgan fingerprint density at radius 2 is 1.63 bits per heavy atom. The molecule has 0 amide bonds. The molecule has 0 rings (SSSR count). The maximum absolute atomic E-state index is 12.8. The van der Waals surface area contributed by atoms with E-state index in [1.807, 2.05) is 0 Å². The van der Waals surface area contributed by atoms with Gasteiger partial charge in [0.2, 0.25) is 0 Å².